The van der Waals surface area contributed by atoms with Gasteiger partial charge in [0, 0.05) is 37.0 Å². The summed E-state index contributed by atoms with van der Waals surface area (Å²) in [7, 11) is 0. The summed E-state index contributed by atoms with van der Waals surface area (Å²) in [6.07, 6.45) is 0.817. The summed E-state index contributed by atoms with van der Waals surface area (Å²) >= 11 is 0. The van der Waals surface area contributed by atoms with Crippen molar-refractivity contribution in [3.63, 3.8) is 0 Å². The normalized spacial score (nSPS) is 22.6. The Hall–Kier alpha value is -1.06. The second-order valence-corrected chi connectivity index (χ2v) is 6.36. The van der Waals surface area contributed by atoms with E-state index in [0.29, 0.717) is 6.04 Å². The van der Waals surface area contributed by atoms with Crippen molar-refractivity contribution >= 4 is 5.69 Å². The van der Waals surface area contributed by atoms with Crippen LogP contribution in [0.15, 0.2) is 18.2 Å². The van der Waals surface area contributed by atoms with Gasteiger partial charge in [-0.25, -0.2) is 0 Å². The molecule has 1 unspecified atom stereocenters. The quantitative estimate of drug-likeness (QED) is 0.877. The van der Waals surface area contributed by atoms with Crippen LogP contribution in [0.1, 0.15) is 31.4 Å². The van der Waals surface area contributed by atoms with Gasteiger partial charge in [0.1, 0.15) is 0 Å². The molecule has 106 valence electrons. The zero-order chi connectivity index (χ0) is 14.0. The lowest BCUT2D eigenvalue weighted by atomic mass is 9.94. The molecule has 0 spiro atoms. The van der Waals surface area contributed by atoms with E-state index in [1.54, 1.807) is 0 Å². The molecule has 0 aromatic heterocycles. The first-order chi connectivity index (χ1) is 8.92. The van der Waals surface area contributed by atoms with Crippen LogP contribution < -0.4 is 10.2 Å². The number of aliphatic hydroxyl groups is 1. The Balaban J connectivity index is 2.27. The molecule has 0 amide bonds. The molecule has 1 aromatic carbocycles. The van der Waals surface area contributed by atoms with Crippen LogP contribution in [0.4, 0.5) is 5.69 Å². The van der Waals surface area contributed by atoms with E-state index in [-0.39, 0.29) is 12.1 Å². The molecule has 19 heavy (non-hydrogen) atoms. The van der Waals surface area contributed by atoms with Crippen molar-refractivity contribution in [2.45, 2.75) is 45.7 Å². The Bertz CT molecular complexity index is 422. The smallest absolute Gasteiger partial charge is 0.0471 e. The highest BCUT2D eigenvalue weighted by Crippen LogP contribution is 2.28. The van der Waals surface area contributed by atoms with Gasteiger partial charge in [0.25, 0.3) is 0 Å². The summed E-state index contributed by atoms with van der Waals surface area (Å²) in [5.41, 5.74) is 4.02. The third kappa shape index (κ3) is 3.28. The summed E-state index contributed by atoms with van der Waals surface area (Å²) < 4.78 is 0. The Morgan fingerprint density at radius 2 is 1.89 bits per heavy atom. The number of nitrogens with one attached hydrogen (secondary N) is 1. The van der Waals surface area contributed by atoms with Crippen molar-refractivity contribution in [3.05, 3.63) is 29.3 Å². The molecule has 2 N–H and O–H groups in total. The van der Waals surface area contributed by atoms with Crippen LogP contribution in [0.2, 0.25) is 0 Å². The summed E-state index contributed by atoms with van der Waals surface area (Å²) in [5, 5.41) is 12.7. The van der Waals surface area contributed by atoms with E-state index in [1.165, 1.54) is 16.8 Å². The van der Waals surface area contributed by atoms with Gasteiger partial charge in [0.05, 0.1) is 0 Å². The molecule has 1 atom stereocenters. The molecule has 2 rings (SSSR count). The molecular formula is C16H26N2O. The predicted molar refractivity (Wildman–Crippen MR) is 80.8 cm³/mol. The predicted octanol–water partition coefficient (Wildman–Crippen LogP) is 2.24. The minimum Gasteiger partial charge on any atom is -0.396 e. The first kappa shape index (κ1) is 14.4. The third-order valence-corrected chi connectivity index (χ3v) is 3.95. The van der Waals surface area contributed by atoms with Crippen LogP contribution in [0.25, 0.3) is 0 Å². The van der Waals surface area contributed by atoms with Crippen LogP contribution in [0.3, 0.4) is 0 Å². The molecule has 1 saturated heterocycles. The molecule has 1 aliphatic rings. The highest BCUT2D eigenvalue weighted by molar-refractivity contribution is 5.53. The largest absolute Gasteiger partial charge is 0.396 e. The number of aliphatic hydroxyl groups excluding tert-OH is 1. The van der Waals surface area contributed by atoms with Crippen molar-refractivity contribution in [2.75, 3.05) is 24.6 Å². The Kier molecular flexibility index (Phi) is 4.16. The highest BCUT2D eigenvalue weighted by Gasteiger charge is 2.33. The van der Waals surface area contributed by atoms with Crippen molar-refractivity contribution in [2.24, 2.45) is 0 Å². The van der Waals surface area contributed by atoms with Crippen molar-refractivity contribution in [1.29, 1.82) is 0 Å². The van der Waals surface area contributed by atoms with Crippen LogP contribution in [0, 0.1) is 13.8 Å². The summed E-state index contributed by atoms with van der Waals surface area (Å²) in [4.78, 5) is 2.48. The van der Waals surface area contributed by atoms with E-state index in [9.17, 15) is 0 Å². The van der Waals surface area contributed by atoms with Gasteiger partial charge in [-0.3, -0.25) is 0 Å². The summed E-state index contributed by atoms with van der Waals surface area (Å²) in [6, 6.07) is 7.11. The van der Waals surface area contributed by atoms with E-state index in [1.807, 2.05) is 0 Å². The first-order valence-corrected chi connectivity index (χ1v) is 7.12. The topological polar surface area (TPSA) is 35.5 Å². The average Bonchev–Trinajstić information content (AvgIpc) is 2.30. The van der Waals surface area contributed by atoms with Gasteiger partial charge in [0.15, 0.2) is 0 Å². The molecular weight excluding hydrogens is 236 g/mol. The van der Waals surface area contributed by atoms with Gasteiger partial charge in [-0.2, -0.15) is 0 Å². The van der Waals surface area contributed by atoms with Crippen LogP contribution in [0.5, 0.6) is 0 Å². The molecule has 1 aromatic rings. The summed E-state index contributed by atoms with van der Waals surface area (Å²) in [6.45, 7) is 11.0. The van der Waals surface area contributed by atoms with E-state index >= 15 is 0 Å². The monoisotopic (exact) mass is 262 g/mol. The van der Waals surface area contributed by atoms with E-state index in [0.717, 1.165) is 19.5 Å². The number of hydrogen-bond donors (Lipinski definition) is 2. The molecule has 1 heterocycles. The van der Waals surface area contributed by atoms with Crippen molar-refractivity contribution in [1.82, 2.24) is 5.32 Å². The Labute approximate surface area is 116 Å². The minimum absolute atomic E-state index is 0.103. The SMILES string of the molecule is Cc1cc(C)cc(N2CC(CCO)NCC2(C)C)c1. The van der Waals surface area contributed by atoms with E-state index < -0.39 is 0 Å². The van der Waals surface area contributed by atoms with Gasteiger partial charge in [-0.15, -0.1) is 0 Å². The summed E-state index contributed by atoms with van der Waals surface area (Å²) in [5.74, 6) is 0. The lowest BCUT2D eigenvalue weighted by Crippen LogP contribution is -2.62. The minimum atomic E-state index is 0.103. The lowest BCUT2D eigenvalue weighted by Gasteiger charge is -2.48. The van der Waals surface area contributed by atoms with E-state index in [2.05, 4.69) is 56.1 Å². The maximum Gasteiger partial charge on any atom is 0.0471 e. The van der Waals surface area contributed by atoms with Crippen LogP contribution in [-0.4, -0.2) is 36.4 Å². The second kappa shape index (κ2) is 5.51. The standard InChI is InChI=1S/C16H26N2O/c1-12-7-13(2)9-15(8-12)18-10-14(5-6-19)17-11-16(18,3)4/h7-9,14,17,19H,5-6,10-11H2,1-4H3. The zero-order valence-electron chi connectivity index (χ0n) is 12.5. The molecule has 0 radical (unpaired) electrons. The molecule has 1 fully saturated rings. The van der Waals surface area contributed by atoms with Gasteiger partial charge < -0.3 is 15.3 Å². The second-order valence-electron chi connectivity index (χ2n) is 6.36. The molecule has 1 aliphatic heterocycles. The molecule has 0 aliphatic carbocycles. The molecule has 0 saturated carbocycles. The number of hydrogen-bond acceptors (Lipinski definition) is 3. The molecule has 3 nitrogen and oxygen atoms in total. The maximum atomic E-state index is 9.14. The van der Waals surface area contributed by atoms with Gasteiger partial charge in [-0.05, 0) is 57.4 Å². The first-order valence-electron chi connectivity index (χ1n) is 7.12. The molecule has 0 bridgehead atoms. The number of anilines is 1. The van der Waals surface area contributed by atoms with Crippen LogP contribution in [-0.2, 0) is 0 Å². The highest BCUT2D eigenvalue weighted by atomic mass is 16.3. The van der Waals surface area contributed by atoms with Crippen molar-refractivity contribution < 1.29 is 5.11 Å². The van der Waals surface area contributed by atoms with Crippen molar-refractivity contribution in [3.8, 4) is 0 Å². The van der Waals surface area contributed by atoms with Gasteiger partial charge in [-0.1, -0.05) is 6.07 Å². The van der Waals surface area contributed by atoms with Crippen LogP contribution >= 0.6 is 0 Å². The fourth-order valence-electron chi connectivity index (χ4n) is 2.93. The number of nitrogens with zero attached hydrogens (tertiary/aromatic N) is 1. The number of rotatable bonds is 3. The third-order valence-electron chi connectivity index (χ3n) is 3.95. The average molecular weight is 262 g/mol. The number of benzene rings is 1. The lowest BCUT2D eigenvalue weighted by molar-refractivity contribution is 0.239. The fourth-order valence-corrected chi connectivity index (χ4v) is 2.93. The Morgan fingerprint density at radius 3 is 2.47 bits per heavy atom. The molecule has 3 heteroatoms. The van der Waals surface area contributed by atoms with Gasteiger partial charge >= 0.3 is 0 Å². The Morgan fingerprint density at radius 1 is 1.26 bits per heavy atom. The van der Waals surface area contributed by atoms with E-state index in [4.69, 9.17) is 5.11 Å². The van der Waals surface area contributed by atoms with Gasteiger partial charge in [0.2, 0.25) is 0 Å². The number of piperazine rings is 1. The maximum absolute atomic E-state index is 9.14. The number of aryl methyl sites for hydroxylation is 2. The fraction of sp³-hybridized carbons (Fsp3) is 0.625. The zero-order valence-corrected chi connectivity index (χ0v) is 12.5.